The van der Waals surface area contributed by atoms with Crippen LogP contribution < -0.4 is 5.32 Å². The second-order valence-electron chi connectivity index (χ2n) is 5.76. The summed E-state index contributed by atoms with van der Waals surface area (Å²) in [6, 6.07) is 18.5. The highest BCUT2D eigenvalue weighted by Crippen LogP contribution is 2.21. The predicted octanol–water partition coefficient (Wildman–Crippen LogP) is 4.59. The van der Waals surface area contributed by atoms with Crippen LogP contribution in [0.25, 0.3) is 16.9 Å². The Morgan fingerprint density at radius 2 is 1.88 bits per heavy atom. The fourth-order valence-corrected chi connectivity index (χ4v) is 3.21. The summed E-state index contributed by atoms with van der Waals surface area (Å²) < 4.78 is 3.14. The van der Waals surface area contributed by atoms with Gasteiger partial charge < -0.3 is 5.32 Å². The van der Waals surface area contributed by atoms with Gasteiger partial charge in [0.1, 0.15) is 12.1 Å². The zero-order chi connectivity index (χ0) is 17.2. The molecular formula is C19H16IN5. The molecule has 2 aromatic heterocycles. The number of nitrogens with zero attached hydrogens (tertiary/aromatic N) is 4. The van der Waals surface area contributed by atoms with E-state index in [4.69, 9.17) is 0 Å². The predicted molar refractivity (Wildman–Crippen MR) is 108 cm³/mol. The molecule has 124 valence electrons. The Hall–Kier alpha value is -2.48. The van der Waals surface area contributed by atoms with Gasteiger partial charge in [0, 0.05) is 9.77 Å². The quantitative estimate of drug-likeness (QED) is 0.471. The topological polar surface area (TPSA) is 55.6 Å². The van der Waals surface area contributed by atoms with Crippen molar-refractivity contribution in [1.29, 1.82) is 0 Å². The van der Waals surface area contributed by atoms with Crippen LogP contribution in [-0.4, -0.2) is 19.5 Å². The Morgan fingerprint density at radius 3 is 2.72 bits per heavy atom. The third-order valence-corrected chi connectivity index (χ3v) is 4.71. The van der Waals surface area contributed by atoms with Crippen molar-refractivity contribution in [3.05, 3.63) is 76.3 Å². The summed E-state index contributed by atoms with van der Waals surface area (Å²) in [5, 5.41) is 3.36. The minimum atomic E-state index is 0.123. The summed E-state index contributed by atoms with van der Waals surface area (Å²) >= 11 is 2.29. The van der Waals surface area contributed by atoms with E-state index in [1.54, 1.807) is 12.5 Å². The van der Waals surface area contributed by atoms with Gasteiger partial charge in [0.05, 0.1) is 17.1 Å². The monoisotopic (exact) mass is 441 g/mol. The van der Waals surface area contributed by atoms with Gasteiger partial charge in [-0.25, -0.2) is 9.97 Å². The Kier molecular flexibility index (Phi) is 4.35. The number of hydrogen-bond acceptors (Lipinski definition) is 4. The number of hydrogen-bond donors (Lipinski definition) is 1. The average Bonchev–Trinajstić information content (AvgIpc) is 3.05. The van der Waals surface area contributed by atoms with Crippen LogP contribution in [0.5, 0.6) is 0 Å². The standard InChI is InChI=1S/C19H16IN5/c1-13(14-5-3-2-4-6-14)23-19-21-10-9-18(24-19)25-12-22-16-11-15(20)7-8-17(16)25/h2-13H,1H3,(H,21,23,24)/t13-/m0/s1. The van der Waals surface area contributed by atoms with Crippen LogP contribution in [0.15, 0.2) is 67.1 Å². The van der Waals surface area contributed by atoms with Crippen molar-refractivity contribution in [1.82, 2.24) is 19.5 Å². The molecule has 0 saturated heterocycles. The number of fused-ring (bicyclic) bond motifs is 1. The Bertz CT molecular complexity index is 1010. The minimum Gasteiger partial charge on any atom is -0.348 e. The molecule has 0 aliphatic rings. The highest BCUT2D eigenvalue weighted by molar-refractivity contribution is 14.1. The van der Waals surface area contributed by atoms with E-state index in [2.05, 4.69) is 80.1 Å². The molecule has 25 heavy (non-hydrogen) atoms. The molecule has 0 fully saturated rings. The molecule has 0 saturated carbocycles. The van der Waals surface area contributed by atoms with Gasteiger partial charge in [-0.05, 0) is 59.3 Å². The lowest BCUT2D eigenvalue weighted by molar-refractivity contribution is 0.854. The average molecular weight is 441 g/mol. The largest absolute Gasteiger partial charge is 0.348 e. The number of benzene rings is 2. The second-order valence-corrected chi connectivity index (χ2v) is 7.01. The number of nitrogens with one attached hydrogen (secondary N) is 1. The smallest absolute Gasteiger partial charge is 0.225 e. The molecule has 0 spiro atoms. The molecule has 0 bridgehead atoms. The third-order valence-electron chi connectivity index (χ3n) is 4.04. The number of imidazole rings is 1. The molecule has 1 N–H and O–H groups in total. The lowest BCUT2D eigenvalue weighted by Gasteiger charge is -2.14. The highest BCUT2D eigenvalue weighted by atomic mass is 127. The van der Waals surface area contributed by atoms with Crippen LogP contribution in [0.3, 0.4) is 0 Å². The second kappa shape index (κ2) is 6.79. The summed E-state index contributed by atoms with van der Waals surface area (Å²) in [5.74, 6) is 1.39. The molecule has 0 unspecified atom stereocenters. The van der Waals surface area contributed by atoms with Gasteiger partial charge in [-0.2, -0.15) is 4.98 Å². The van der Waals surface area contributed by atoms with Gasteiger partial charge in [0.15, 0.2) is 0 Å². The van der Waals surface area contributed by atoms with Crippen molar-refractivity contribution >= 4 is 39.6 Å². The SMILES string of the molecule is C[C@H](Nc1nccc(-n2cnc3cc(I)ccc32)n1)c1ccccc1. The number of aromatic nitrogens is 4. The summed E-state index contributed by atoms with van der Waals surface area (Å²) in [5.41, 5.74) is 3.18. The molecule has 0 aliphatic heterocycles. The molecule has 6 heteroatoms. The Morgan fingerprint density at radius 1 is 1.04 bits per heavy atom. The first-order chi connectivity index (χ1) is 12.2. The van der Waals surface area contributed by atoms with Crippen LogP contribution in [0.1, 0.15) is 18.5 Å². The molecule has 5 nitrogen and oxygen atoms in total. The molecule has 1 atom stereocenters. The zero-order valence-electron chi connectivity index (χ0n) is 13.6. The highest BCUT2D eigenvalue weighted by Gasteiger charge is 2.10. The first kappa shape index (κ1) is 16.0. The van der Waals surface area contributed by atoms with Crippen LogP contribution in [0.2, 0.25) is 0 Å². The maximum atomic E-state index is 4.65. The van der Waals surface area contributed by atoms with Crippen molar-refractivity contribution in [3.63, 3.8) is 0 Å². The fraction of sp³-hybridized carbons (Fsp3) is 0.105. The first-order valence-corrected chi connectivity index (χ1v) is 9.06. The number of rotatable bonds is 4. The summed E-state index contributed by atoms with van der Waals surface area (Å²) in [4.78, 5) is 13.5. The van der Waals surface area contributed by atoms with Gasteiger partial charge in [0.2, 0.25) is 5.95 Å². The Labute approximate surface area is 159 Å². The molecule has 0 radical (unpaired) electrons. The Balaban J connectivity index is 1.65. The van der Waals surface area contributed by atoms with E-state index in [0.29, 0.717) is 5.95 Å². The zero-order valence-corrected chi connectivity index (χ0v) is 15.8. The lowest BCUT2D eigenvalue weighted by Crippen LogP contribution is -2.10. The number of anilines is 1. The van der Waals surface area contributed by atoms with E-state index in [9.17, 15) is 0 Å². The molecule has 0 amide bonds. The van der Waals surface area contributed by atoms with Crippen molar-refractivity contribution in [3.8, 4) is 5.82 Å². The fourth-order valence-electron chi connectivity index (χ4n) is 2.74. The van der Waals surface area contributed by atoms with E-state index >= 15 is 0 Å². The number of halogens is 1. The van der Waals surface area contributed by atoms with Gasteiger partial charge in [-0.15, -0.1) is 0 Å². The molecule has 4 rings (SSSR count). The summed E-state index contributed by atoms with van der Waals surface area (Å²) in [6.45, 7) is 2.10. The molecular weight excluding hydrogens is 425 g/mol. The van der Waals surface area contributed by atoms with Crippen LogP contribution in [-0.2, 0) is 0 Å². The maximum absolute atomic E-state index is 4.65. The van der Waals surface area contributed by atoms with Gasteiger partial charge in [0.25, 0.3) is 0 Å². The van der Waals surface area contributed by atoms with E-state index in [0.717, 1.165) is 20.4 Å². The van der Waals surface area contributed by atoms with E-state index in [1.807, 2.05) is 28.8 Å². The van der Waals surface area contributed by atoms with E-state index in [-0.39, 0.29) is 6.04 Å². The molecule has 0 aliphatic carbocycles. The molecule has 2 aromatic carbocycles. The van der Waals surface area contributed by atoms with E-state index in [1.165, 1.54) is 5.56 Å². The van der Waals surface area contributed by atoms with Crippen LogP contribution in [0, 0.1) is 3.57 Å². The van der Waals surface area contributed by atoms with Gasteiger partial charge in [-0.1, -0.05) is 30.3 Å². The summed E-state index contributed by atoms with van der Waals surface area (Å²) in [6.07, 6.45) is 3.56. The molecule has 4 aromatic rings. The van der Waals surface area contributed by atoms with Crippen molar-refractivity contribution in [2.45, 2.75) is 13.0 Å². The van der Waals surface area contributed by atoms with Crippen molar-refractivity contribution < 1.29 is 0 Å². The summed E-state index contributed by atoms with van der Waals surface area (Å²) in [7, 11) is 0. The normalized spacial score (nSPS) is 12.2. The van der Waals surface area contributed by atoms with Crippen LogP contribution >= 0.6 is 22.6 Å². The van der Waals surface area contributed by atoms with Gasteiger partial charge in [-0.3, -0.25) is 4.57 Å². The minimum absolute atomic E-state index is 0.123. The van der Waals surface area contributed by atoms with Gasteiger partial charge >= 0.3 is 0 Å². The molecule has 2 heterocycles. The maximum Gasteiger partial charge on any atom is 0.225 e. The van der Waals surface area contributed by atoms with Crippen molar-refractivity contribution in [2.24, 2.45) is 0 Å². The van der Waals surface area contributed by atoms with E-state index < -0.39 is 0 Å². The first-order valence-electron chi connectivity index (χ1n) is 7.98. The lowest BCUT2D eigenvalue weighted by atomic mass is 10.1. The van der Waals surface area contributed by atoms with Crippen molar-refractivity contribution in [2.75, 3.05) is 5.32 Å². The third kappa shape index (κ3) is 3.34. The van der Waals surface area contributed by atoms with Crippen LogP contribution in [0.4, 0.5) is 5.95 Å².